The average molecular weight is 234 g/mol. The summed E-state index contributed by atoms with van der Waals surface area (Å²) in [5.74, 6) is 0. The Morgan fingerprint density at radius 3 is 3.00 bits per heavy atom. The second-order valence-electron chi connectivity index (χ2n) is 2.54. The van der Waals surface area contributed by atoms with E-state index in [2.05, 4.69) is 26.3 Å². The molecule has 1 atom stereocenters. The molecule has 2 rings (SSSR count). The molecule has 12 heavy (non-hydrogen) atoms. The van der Waals surface area contributed by atoms with Crippen molar-refractivity contribution >= 4 is 30.6 Å². The van der Waals surface area contributed by atoms with Gasteiger partial charge in [-0.05, 0) is 0 Å². The van der Waals surface area contributed by atoms with E-state index in [1.807, 2.05) is 30.1 Å². The molecular formula is C8H8GaN2S. The van der Waals surface area contributed by atoms with Crippen LogP contribution >= 0.6 is 11.8 Å². The van der Waals surface area contributed by atoms with E-state index in [1.54, 1.807) is 0 Å². The van der Waals surface area contributed by atoms with E-state index >= 15 is 0 Å². The zero-order valence-electron chi connectivity index (χ0n) is 6.55. The molecular weight excluding hydrogens is 226 g/mol. The van der Waals surface area contributed by atoms with Gasteiger partial charge in [0.05, 0.1) is 0 Å². The summed E-state index contributed by atoms with van der Waals surface area (Å²) in [5, 5.41) is 2.55. The van der Waals surface area contributed by atoms with Gasteiger partial charge >= 0.3 is 86.3 Å². The van der Waals surface area contributed by atoms with Gasteiger partial charge in [0.2, 0.25) is 0 Å². The van der Waals surface area contributed by atoms with Crippen LogP contribution in [0.15, 0.2) is 36.0 Å². The van der Waals surface area contributed by atoms with Crippen LogP contribution in [0.5, 0.6) is 0 Å². The number of pyridine rings is 1. The Morgan fingerprint density at radius 1 is 1.50 bits per heavy atom. The van der Waals surface area contributed by atoms with Crippen LogP contribution in [0.25, 0.3) is 0 Å². The third kappa shape index (κ3) is 1.55. The molecule has 0 amide bonds. The molecule has 0 saturated carbocycles. The van der Waals surface area contributed by atoms with Gasteiger partial charge in [-0.1, -0.05) is 0 Å². The van der Waals surface area contributed by atoms with Gasteiger partial charge in [-0.3, -0.25) is 0 Å². The summed E-state index contributed by atoms with van der Waals surface area (Å²) in [5.41, 5.74) is 1.15. The molecule has 1 aromatic heterocycles. The summed E-state index contributed by atoms with van der Waals surface area (Å²) in [7, 11) is 0. The van der Waals surface area contributed by atoms with E-state index in [-0.39, 0.29) is 0 Å². The molecule has 0 aromatic carbocycles. The van der Waals surface area contributed by atoms with Crippen molar-refractivity contribution < 1.29 is 0 Å². The third-order valence-electron chi connectivity index (χ3n) is 1.70. The molecule has 0 spiro atoms. The summed E-state index contributed by atoms with van der Waals surface area (Å²) in [4.78, 5) is 4.33. The second-order valence-corrected chi connectivity index (χ2v) is 5.07. The second kappa shape index (κ2) is 3.59. The van der Waals surface area contributed by atoms with Gasteiger partial charge in [0.15, 0.2) is 0 Å². The monoisotopic (exact) mass is 233 g/mol. The van der Waals surface area contributed by atoms with E-state index < -0.39 is 0 Å². The minimum absolute atomic E-state index is 0.422. The van der Waals surface area contributed by atoms with E-state index in [0.717, 1.165) is 24.5 Å². The molecule has 1 aromatic rings. The van der Waals surface area contributed by atoms with Crippen molar-refractivity contribution in [1.82, 2.24) is 8.59 Å². The number of aromatic nitrogens is 1. The summed E-state index contributed by atoms with van der Waals surface area (Å²) < 4.78 is 2.28. The molecule has 1 aliphatic heterocycles. The first-order valence-electron chi connectivity index (χ1n) is 3.70. The van der Waals surface area contributed by atoms with E-state index in [9.17, 15) is 0 Å². The maximum absolute atomic E-state index is 4.33. The molecule has 0 fully saturated rings. The van der Waals surface area contributed by atoms with Gasteiger partial charge in [-0.25, -0.2) is 0 Å². The van der Waals surface area contributed by atoms with Crippen LogP contribution in [0.2, 0.25) is 0 Å². The number of thioether (sulfide) groups is 1. The van der Waals surface area contributed by atoms with Crippen LogP contribution in [0, 0.1) is 0 Å². The summed E-state index contributed by atoms with van der Waals surface area (Å²) >= 11 is 2.98. The van der Waals surface area contributed by atoms with E-state index in [1.165, 1.54) is 0 Å². The van der Waals surface area contributed by atoms with Gasteiger partial charge in [0.1, 0.15) is 0 Å². The molecule has 1 aliphatic rings. The zero-order valence-corrected chi connectivity index (χ0v) is 10.3. The Morgan fingerprint density at radius 2 is 2.42 bits per heavy atom. The molecule has 2 heterocycles. The quantitative estimate of drug-likeness (QED) is 0.683. The Kier molecular flexibility index (Phi) is 2.48. The molecule has 1 unspecified atom stereocenters. The van der Waals surface area contributed by atoms with Crippen LogP contribution in [0.4, 0.5) is 0 Å². The maximum atomic E-state index is 4.33. The number of hydrogen-bond donors (Lipinski definition) is 0. The standard InChI is InChI=1S/C8H7N2S.Ga.H/c1-2-4-9-7(3-1)8-10-5-6-11-8;;/h1-6,8H;;/q-1;+1;. The van der Waals surface area contributed by atoms with Crippen molar-refractivity contribution in [2.24, 2.45) is 0 Å². The number of nitrogens with zero attached hydrogens (tertiary/aromatic N) is 2. The topological polar surface area (TPSA) is 16.1 Å². The van der Waals surface area contributed by atoms with Crippen LogP contribution < -0.4 is 0 Å². The fourth-order valence-corrected chi connectivity index (χ4v) is 3.46. The predicted molar refractivity (Wildman–Crippen MR) is 52.7 cm³/mol. The summed E-state index contributed by atoms with van der Waals surface area (Å²) in [6.45, 7) is 0. The van der Waals surface area contributed by atoms with Crippen molar-refractivity contribution in [2.75, 3.05) is 0 Å². The van der Waals surface area contributed by atoms with Gasteiger partial charge < -0.3 is 0 Å². The van der Waals surface area contributed by atoms with Gasteiger partial charge in [-0.2, -0.15) is 0 Å². The number of rotatable bonds is 1. The van der Waals surface area contributed by atoms with Gasteiger partial charge in [0, 0.05) is 0 Å². The van der Waals surface area contributed by atoms with Gasteiger partial charge in [-0.15, -0.1) is 0 Å². The van der Waals surface area contributed by atoms with Crippen molar-refractivity contribution in [1.29, 1.82) is 0 Å². The van der Waals surface area contributed by atoms with Crippen LogP contribution in [0.3, 0.4) is 0 Å². The zero-order chi connectivity index (χ0) is 8.39. The fourth-order valence-electron chi connectivity index (χ4n) is 1.11. The molecule has 1 radical (unpaired) electrons. The molecule has 0 saturated heterocycles. The molecule has 4 heteroatoms. The van der Waals surface area contributed by atoms with Crippen molar-refractivity contribution in [3.05, 3.63) is 41.7 Å². The van der Waals surface area contributed by atoms with Gasteiger partial charge in [0.25, 0.3) is 0 Å². The first-order chi connectivity index (χ1) is 5.88. The van der Waals surface area contributed by atoms with Crippen molar-refractivity contribution in [3.8, 4) is 0 Å². The van der Waals surface area contributed by atoms with E-state index in [4.69, 9.17) is 0 Å². The average Bonchev–Trinajstić information content (AvgIpc) is 2.53. The molecule has 0 aliphatic carbocycles. The summed E-state index contributed by atoms with van der Waals surface area (Å²) in [6.07, 6.45) is 3.98. The predicted octanol–water partition coefficient (Wildman–Crippen LogP) is 1.42. The van der Waals surface area contributed by atoms with Crippen LogP contribution in [-0.4, -0.2) is 27.4 Å². The Balaban J connectivity index is 2.22. The first-order valence-corrected chi connectivity index (χ1v) is 5.97. The molecule has 2 nitrogen and oxygen atoms in total. The van der Waals surface area contributed by atoms with Crippen LogP contribution in [-0.2, 0) is 0 Å². The first kappa shape index (κ1) is 8.28. The fraction of sp³-hybridized carbons (Fsp3) is 0.125. The molecule has 0 N–H and O–H groups in total. The Hall–Kier alpha value is -0.324. The third-order valence-corrected chi connectivity index (χ3v) is 4.51. The van der Waals surface area contributed by atoms with Crippen molar-refractivity contribution in [3.63, 3.8) is 0 Å². The van der Waals surface area contributed by atoms with Crippen LogP contribution in [0.1, 0.15) is 11.1 Å². The van der Waals surface area contributed by atoms with E-state index in [0.29, 0.717) is 5.37 Å². The normalized spacial score (nSPS) is 21.7. The Bertz CT molecular complexity index is 288. The number of hydrogen-bond acceptors (Lipinski definition) is 3. The molecule has 59 valence electrons. The Labute approximate surface area is 86.2 Å². The minimum atomic E-state index is 0.422. The van der Waals surface area contributed by atoms with Crippen molar-refractivity contribution in [2.45, 2.75) is 5.37 Å². The summed E-state index contributed by atoms with van der Waals surface area (Å²) in [6, 6.07) is 6.06. The molecule has 0 bridgehead atoms. The SMILES string of the molecule is [GaH][N]1C=CSC1c1ccccn1.